The van der Waals surface area contributed by atoms with Crippen molar-refractivity contribution in [2.75, 3.05) is 19.6 Å². The van der Waals surface area contributed by atoms with Crippen molar-refractivity contribution in [2.45, 2.75) is 12.8 Å². The minimum Gasteiger partial charge on any atom is -0.465 e. The van der Waals surface area contributed by atoms with E-state index in [0.29, 0.717) is 6.54 Å². The molecule has 1 heterocycles. The van der Waals surface area contributed by atoms with E-state index in [9.17, 15) is 4.79 Å². The van der Waals surface area contributed by atoms with Crippen LogP contribution in [0.15, 0.2) is 0 Å². The van der Waals surface area contributed by atoms with Gasteiger partial charge in [-0.15, -0.1) is 0 Å². The Balaban J connectivity index is 1.53. The molecule has 1 aliphatic heterocycles. The average molecular weight is 184 g/mol. The normalized spacial score (nSPS) is 35.5. The number of rotatable bonds is 4. The molecule has 0 aromatic heterocycles. The van der Waals surface area contributed by atoms with Crippen molar-refractivity contribution in [1.82, 2.24) is 10.6 Å². The summed E-state index contributed by atoms with van der Waals surface area (Å²) in [4.78, 5) is 10.1. The monoisotopic (exact) mass is 184 g/mol. The molecule has 0 radical (unpaired) electrons. The van der Waals surface area contributed by atoms with Crippen LogP contribution in [0.4, 0.5) is 4.79 Å². The van der Waals surface area contributed by atoms with E-state index in [1.807, 2.05) is 0 Å². The summed E-state index contributed by atoms with van der Waals surface area (Å²) < 4.78 is 0. The Bertz CT molecular complexity index is 198. The van der Waals surface area contributed by atoms with E-state index in [2.05, 4.69) is 10.6 Å². The lowest BCUT2D eigenvalue weighted by atomic mass is 10.1. The Morgan fingerprint density at radius 1 is 1.46 bits per heavy atom. The summed E-state index contributed by atoms with van der Waals surface area (Å²) in [7, 11) is 0. The van der Waals surface area contributed by atoms with Gasteiger partial charge in [0.15, 0.2) is 0 Å². The fourth-order valence-corrected chi connectivity index (χ4v) is 2.51. The summed E-state index contributed by atoms with van der Waals surface area (Å²) in [5, 5.41) is 14.1. The molecular weight excluding hydrogens is 168 g/mol. The van der Waals surface area contributed by atoms with Gasteiger partial charge in [0.25, 0.3) is 0 Å². The topological polar surface area (TPSA) is 61.4 Å². The summed E-state index contributed by atoms with van der Waals surface area (Å²) >= 11 is 0. The Morgan fingerprint density at radius 2 is 2.15 bits per heavy atom. The standard InChI is InChI=1S/C9H16N2O2/c12-9(13)11-3-1-2-6-7-4-10-5-8(6)7/h6-8,10-11H,1-5H2,(H,12,13)/t7-,8-/m0/s1. The van der Waals surface area contributed by atoms with Gasteiger partial charge in [0.2, 0.25) is 0 Å². The van der Waals surface area contributed by atoms with E-state index < -0.39 is 6.09 Å². The van der Waals surface area contributed by atoms with Crippen LogP contribution in [0.25, 0.3) is 0 Å². The molecule has 74 valence electrons. The fraction of sp³-hybridized carbons (Fsp3) is 0.889. The number of amides is 1. The number of fused-ring (bicyclic) bond motifs is 1. The van der Waals surface area contributed by atoms with Crippen molar-refractivity contribution >= 4 is 6.09 Å². The predicted molar refractivity (Wildman–Crippen MR) is 48.6 cm³/mol. The predicted octanol–water partition coefficient (Wildman–Crippen LogP) is 0.500. The van der Waals surface area contributed by atoms with Crippen molar-refractivity contribution in [2.24, 2.45) is 17.8 Å². The molecule has 1 saturated heterocycles. The first-order chi connectivity index (χ1) is 6.29. The SMILES string of the molecule is O=C(O)NCCCC1[C@@H]2CNC[C@@H]12. The molecule has 2 atom stereocenters. The van der Waals surface area contributed by atoms with Crippen molar-refractivity contribution in [3.05, 3.63) is 0 Å². The molecule has 1 aliphatic carbocycles. The van der Waals surface area contributed by atoms with Gasteiger partial charge in [0, 0.05) is 6.54 Å². The number of carbonyl (C=O) groups is 1. The van der Waals surface area contributed by atoms with Gasteiger partial charge < -0.3 is 15.7 Å². The van der Waals surface area contributed by atoms with E-state index in [4.69, 9.17) is 5.11 Å². The maximum absolute atomic E-state index is 10.1. The molecule has 3 N–H and O–H groups in total. The van der Waals surface area contributed by atoms with Crippen LogP contribution in [0.2, 0.25) is 0 Å². The second-order valence-corrected chi connectivity index (χ2v) is 4.02. The summed E-state index contributed by atoms with van der Waals surface area (Å²) in [5.74, 6) is 2.70. The molecule has 1 saturated carbocycles. The quantitative estimate of drug-likeness (QED) is 0.557. The van der Waals surface area contributed by atoms with Gasteiger partial charge in [-0.2, -0.15) is 0 Å². The zero-order chi connectivity index (χ0) is 9.26. The molecular formula is C9H16N2O2. The van der Waals surface area contributed by atoms with Crippen LogP contribution in [0.1, 0.15) is 12.8 Å². The fourth-order valence-electron chi connectivity index (χ4n) is 2.51. The van der Waals surface area contributed by atoms with Crippen molar-refractivity contribution in [3.8, 4) is 0 Å². The third-order valence-electron chi connectivity index (χ3n) is 3.26. The lowest BCUT2D eigenvalue weighted by Gasteiger charge is -2.03. The van der Waals surface area contributed by atoms with Crippen LogP contribution in [-0.2, 0) is 0 Å². The van der Waals surface area contributed by atoms with Crippen LogP contribution >= 0.6 is 0 Å². The second kappa shape index (κ2) is 3.54. The number of carboxylic acid groups (broad SMARTS) is 1. The van der Waals surface area contributed by atoms with Crippen LogP contribution in [-0.4, -0.2) is 30.8 Å². The minimum absolute atomic E-state index is 0.610. The minimum atomic E-state index is -0.905. The van der Waals surface area contributed by atoms with Gasteiger partial charge in [-0.1, -0.05) is 0 Å². The molecule has 1 amide bonds. The third-order valence-corrected chi connectivity index (χ3v) is 3.26. The van der Waals surface area contributed by atoms with E-state index in [0.717, 1.165) is 24.2 Å². The highest BCUT2D eigenvalue weighted by molar-refractivity contribution is 5.64. The highest BCUT2D eigenvalue weighted by Crippen LogP contribution is 2.51. The zero-order valence-corrected chi connectivity index (χ0v) is 7.62. The van der Waals surface area contributed by atoms with Crippen LogP contribution in [0, 0.1) is 17.8 Å². The Hall–Kier alpha value is -0.770. The molecule has 0 aromatic carbocycles. The van der Waals surface area contributed by atoms with E-state index in [1.54, 1.807) is 0 Å². The first kappa shape index (κ1) is 8.81. The summed E-state index contributed by atoms with van der Waals surface area (Å²) in [5.41, 5.74) is 0. The first-order valence-corrected chi connectivity index (χ1v) is 4.96. The smallest absolute Gasteiger partial charge is 0.404 e. The molecule has 4 nitrogen and oxygen atoms in total. The Morgan fingerprint density at radius 3 is 2.77 bits per heavy atom. The summed E-state index contributed by atoms with van der Waals surface area (Å²) in [6.45, 7) is 2.97. The van der Waals surface area contributed by atoms with E-state index >= 15 is 0 Å². The number of hydrogen-bond donors (Lipinski definition) is 3. The van der Waals surface area contributed by atoms with Crippen molar-refractivity contribution in [1.29, 1.82) is 0 Å². The van der Waals surface area contributed by atoms with Crippen LogP contribution < -0.4 is 10.6 Å². The average Bonchev–Trinajstić information content (AvgIpc) is 2.57. The van der Waals surface area contributed by atoms with Gasteiger partial charge in [-0.25, -0.2) is 4.79 Å². The molecule has 13 heavy (non-hydrogen) atoms. The molecule has 0 unspecified atom stereocenters. The lowest BCUT2D eigenvalue weighted by Crippen LogP contribution is -2.22. The summed E-state index contributed by atoms with van der Waals surface area (Å²) in [6.07, 6.45) is 1.28. The van der Waals surface area contributed by atoms with E-state index in [1.165, 1.54) is 19.5 Å². The highest BCUT2D eigenvalue weighted by atomic mass is 16.4. The summed E-state index contributed by atoms with van der Waals surface area (Å²) in [6, 6.07) is 0. The van der Waals surface area contributed by atoms with Crippen LogP contribution in [0.5, 0.6) is 0 Å². The number of hydrogen-bond acceptors (Lipinski definition) is 2. The highest BCUT2D eigenvalue weighted by Gasteiger charge is 2.51. The largest absolute Gasteiger partial charge is 0.465 e. The number of nitrogens with one attached hydrogen (secondary N) is 2. The molecule has 0 spiro atoms. The number of piperidine rings is 1. The van der Waals surface area contributed by atoms with Gasteiger partial charge in [-0.05, 0) is 43.7 Å². The molecule has 2 aliphatic rings. The Labute approximate surface area is 77.7 Å². The zero-order valence-electron chi connectivity index (χ0n) is 7.62. The molecule has 2 rings (SSSR count). The van der Waals surface area contributed by atoms with E-state index in [-0.39, 0.29) is 0 Å². The molecule has 0 aromatic rings. The van der Waals surface area contributed by atoms with Crippen molar-refractivity contribution in [3.63, 3.8) is 0 Å². The van der Waals surface area contributed by atoms with Crippen molar-refractivity contribution < 1.29 is 9.90 Å². The molecule has 2 fully saturated rings. The third kappa shape index (κ3) is 1.94. The van der Waals surface area contributed by atoms with Gasteiger partial charge in [-0.3, -0.25) is 0 Å². The van der Waals surface area contributed by atoms with Crippen LogP contribution in [0.3, 0.4) is 0 Å². The lowest BCUT2D eigenvalue weighted by molar-refractivity contribution is 0.194. The second-order valence-electron chi connectivity index (χ2n) is 4.02. The maximum atomic E-state index is 10.1. The Kier molecular flexibility index (Phi) is 2.40. The molecule has 0 bridgehead atoms. The van der Waals surface area contributed by atoms with Gasteiger partial charge >= 0.3 is 6.09 Å². The molecule has 4 heteroatoms. The maximum Gasteiger partial charge on any atom is 0.404 e. The van der Waals surface area contributed by atoms with Gasteiger partial charge in [0.1, 0.15) is 0 Å². The first-order valence-electron chi connectivity index (χ1n) is 4.96. The van der Waals surface area contributed by atoms with Gasteiger partial charge in [0.05, 0.1) is 0 Å².